The third-order valence-electron chi connectivity index (χ3n) is 3.56. The second-order valence-electron chi connectivity index (χ2n) is 6.11. The largest absolute Gasteiger partial charge is 0.329 e. The van der Waals surface area contributed by atoms with Crippen LogP contribution in [0.4, 0.5) is 0 Å². The molecule has 2 nitrogen and oxygen atoms in total. The summed E-state index contributed by atoms with van der Waals surface area (Å²) in [5.74, 6) is 2.34. The van der Waals surface area contributed by atoms with Crippen molar-refractivity contribution >= 4 is 0 Å². The van der Waals surface area contributed by atoms with Gasteiger partial charge in [-0.3, -0.25) is 0 Å². The SMILES string of the molecule is CC(C)CNC1(CN)CC(C)CC(C)C1. The fourth-order valence-electron chi connectivity index (χ4n) is 3.07. The van der Waals surface area contributed by atoms with Crippen molar-refractivity contribution in [3.8, 4) is 0 Å². The average molecular weight is 212 g/mol. The van der Waals surface area contributed by atoms with Gasteiger partial charge in [0.25, 0.3) is 0 Å². The van der Waals surface area contributed by atoms with Crippen LogP contribution in [0, 0.1) is 17.8 Å². The zero-order valence-corrected chi connectivity index (χ0v) is 10.8. The van der Waals surface area contributed by atoms with Crippen LogP contribution in [0.2, 0.25) is 0 Å². The lowest BCUT2D eigenvalue weighted by Crippen LogP contribution is -2.56. The van der Waals surface area contributed by atoms with E-state index in [4.69, 9.17) is 5.73 Å². The molecule has 90 valence electrons. The molecule has 3 N–H and O–H groups in total. The minimum atomic E-state index is 0.224. The molecule has 0 heterocycles. The maximum Gasteiger partial charge on any atom is 0.0309 e. The molecule has 0 bridgehead atoms. The lowest BCUT2D eigenvalue weighted by Gasteiger charge is -2.43. The summed E-state index contributed by atoms with van der Waals surface area (Å²) in [6, 6.07) is 0. The van der Waals surface area contributed by atoms with Crippen molar-refractivity contribution in [3.63, 3.8) is 0 Å². The Kier molecular flexibility index (Phi) is 4.60. The van der Waals surface area contributed by atoms with Crippen LogP contribution >= 0.6 is 0 Å². The Bertz CT molecular complexity index is 179. The van der Waals surface area contributed by atoms with Gasteiger partial charge in [0, 0.05) is 12.1 Å². The molecule has 0 amide bonds. The minimum Gasteiger partial charge on any atom is -0.329 e. The normalized spacial score (nSPS) is 37.2. The van der Waals surface area contributed by atoms with Crippen LogP contribution in [0.3, 0.4) is 0 Å². The molecule has 15 heavy (non-hydrogen) atoms. The topological polar surface area (TPSA) is 38.0 Å². The van der Waals surface area contributed by atoms with Crippen molar-refractivity contribution in [1.82, 2.24) is 5.32 Å². The Morgan fingerprint density at radius 3 is 2.20 bits per heavy atom. The molecule has 1 rings (SSSR count). The first-order valence-electron chi connectivity index (χ1n) is 6.42. The maximum atomic E-state index is 5.99. The van der Waals surface area contributed by atoms with Crippen molar-refractivity contribution in [2.24, 2.45) is 23.5 Å². The highest BCUT2D eigenvalue weighted by Crippen LogP contribution is 2.35. The van der Waals surface area contributed by atoms with E-state index in [2.05, 4.69) is 33.0 Å². The molecule has 0 aromatic rings. The molecule has 2 unspecified atom stereocenters. The van der Waals surface area contributed by atoms with Gasteiger partial charge >= 0.3 is 0 Å². The van der Waals surface area contributed by atoms with Crippen LogP contribution in [0.1, 0.15) is 47.0 Å². The molecule has 0 radical (unpaired) electrons. The van der Waals surface area contributed by atoms with E-state index in [1.807, 2.05) is 0 Å². The van der Waals surface area contributed by atoms with Crippen LogP contribution in [-0.2, 0) is 0 Å². The molecular formula is C13H28N2. The second kappa shape index (κ2) is 5.31. The molecule has 0 aromatic carbocycles. The molecule has 0 saturated heterocycles. The molecule has 1 fully saturated rings. The summed E-state index contributed by atoms with van der Waals surface area (Å²) in [4.78, 5) is 0. The van der Waals surface area contributed by atoms with Gasteiger partial charge in [-0.2, -0.15) is 0 Å². The van der Waals surface area contributed by atoms with E-state index in [0.29, 0.717) is 5.92 Å². The van der Waals surface area contributed by atoms with Gasteiger partial charge in [-0.1, -0.05) is 27.7 Å². The standard InChI is InChI=1S/C13H28N2/c1-10(2)8-15-13(9-14)6-11(3)5-12(4)7-13/h10-12,15H,5-9,14H2,1-4H3. The molecule has 1 saturated carbocycles. The van der Waals surface area contributed by atoms with Gasteiger partial charge < -0.3 is 11.1 Å². The van der Waals surface area contributed by atoms with Gasteiger partial charge in [0.1, 0.15) is 0 Å². The number of hydrogen-bond acceptors (Lipinski definition) is 2. The van der Waals surface area contributed by atoms with Crippen molar-refractivity contribution in [2.45, 2.75) is 52.5 Å². The van der Waals surface area contributed by atoms with Crippen LogP contribution in [0.5, 0.6) is 0 Å². The maximum absolute atomic E-state index is 5.99. The van der Waals surface area contributed by atoms with Crippen molar-refractivity contribution in [2.75, 3.05) is 13.1 Å². The van der Waals surface area contributed by atoms with Crippen LogP contribution < -0.4 is 11.1 Å². The van der Waals surface area contributed by atoms with Crippen molar-refractivity contribution < 1.29 is 0 Å². The van der Waals surface area contributed by atoms with Crippen LogP contribution in [-0.4, -0.2) is 18.6 Å². The van der Waals surface area contributed by atoms with Gasteiger partial charge in [-0.15, -0.1) is 0 Å². The first-order chi connectivity index (χ1) is 6.97. The first kappa shape index (κ1) is 13.0. The smallest absolute Gasteiger partial charge is 0.0309 e. The zero-order valence-electron chi connectivity index (χ0n) is 10.8. The van der Waals surface area contributed by atoms with E-state index in [0.717, 1.165) is 24.9 Å². The number of rotatable bonds is 4. The highest BCUT2D eigenvalue weighted by Gasteiger charge is 2.36. The fraction of sp³-hybridized carbons (Fsp3) is 1.00. The third kappa shape index (κ3) is 3.76. The van der Waals surface area contributed by atoms with Gasteiger partial charge in [0.05, 0.1) is 0 Å². The summed E-state index contributed by atoms with van der Waals surface area (Å²) >= 11 is 0. The molecule has 1 aliphatic rings. The predicted molar refractivity (Wildman–Crippen MR) is 66.8 cm³/mol. The fourth-order valence-corrected chi connectivity index (χ4v) is 3.07. The Labute approximate surface area is 95.0 Å². The summed E-state index contributed by atoms with van der Waals surface area (Å²) < 4.78 is 0. The van der Waals surface area contributed by atoms with E-state index in [-0.39, 0.29) is 5.54 Å². The van der Waals surface area contributed by atoms with Gasteiger partial charge in [0.2, 0.25) is 0 Å². The molecule has 2 heteroatoms. The highest BCUT2D eigenvalue weighted by atomic mass is 15.0. The van der Waals surface area contributed by atoms with Crippen molar-refractivity contribution in [1.29, 1.82) is 0 Å². The summed E-state index contributed by atoms with van der Waals surface area (Å²) in [5, 5.41) is 3.72. The van der Waals surface area contributed by atoms with Gasteiger partial charge in [-0.25, -0.2) is 0 Å². The van der Waals surface area contributed by atoms with Crippen LogP contribution in [0.15, 0.2) is 0 Å². The molecule has 0 spiro atoms. The summed E-state index contributed by atoms with van der Waals surface area (Å²) in [6.07, 6.45) is 3.87. The second-order valence-corrected chi connectivity index (χ2v) is 6.11. The van der Waals surface area contributed by atoms with E-state index in [1.54, 1.807) is 0 Å². The Morgan fingerprint density at radius 1 is 1.27 bits per heavy atom. The molecule has 2 atom stereocenters. The zero-order chi connectivity index (χ0) is 11.5. The molecular weight excluding hydrogens is 184 g/mol. The average Bonchev–Trinajstić information content (AvgIpc) is 2.13. The first-order valence-corrected chi connectivity index (χ1v) is 6.42. The third-order valence-corrected chi connectivity index (χ3v) is 3.56. The van der Waals surface area contributed by atoms with E-state index in [1.165, 1.54) is 19.3 Å². The number of hydrogen-bond donors (Lipinski definition) is 2. The monoisotopic (exact) mass is 212 g/mol. The number of nitrogens with two attached hydrogens (primary N) is 1. The van der Waals surface area contributed by atoms with Gasteiger partial charge in [-0.05, 0) is 43.6 Å². The Morgan fingerprint density at radius 2 is 1.80 bits per heavy atom. The highest BCUT2D eigenvalue weighted by molar-refractivity contribution is 4.95. The van der Waals surface area contributed by atoms with E-state index < -0.39 is 0 Å². The van der Waals surface area contributed by atoms with Crippen LogP contribution in [0.25, 0.3) is 0 Å². The van der Waals surface area contributed by atoms with E-state index in [9.17, 15) is 0 Å². The minimum absolute atomic E-state index is 0.224. The predicted octanol–water partition coefficient (Wildman–Crippen LogP) is 2.39. The summed E-state index contributed by atoms with van der Waals surface area (Å²) in [6.45, 7) is 11.1. The lowest BCUT2D eigenvalue weighted by molar-refractivity contribution is 0.146. The summed E-state index contributed by atoms with van der Waals surface area (Å²) in [5.41, 5.74) is 6.21. The lowest BCUT2D eigenvalue weighted by atomic mass is 9.71. The Hall–Kier alpha value is -0.0800. The molecule has 0 aliphatic heterocycles. The quantitative estimate of drug-likeness (QED) is 0.751. The molecule has 1 aliphatic carbocycles. The Balaban J connectivity index is 2.57. The van der Waals surface area contributed by atoms with Gasteiger partial charge in [0.15, 0.2) is 0 Å². The summed E-state index contributed by atoms with van der Waals surface area (Å²) in [7, 11) is 0. The number of nitrogens with one attached hydrogen (secondary N) is 1. The van der Waals surface area contributed by atoms with Crippen molar-refractivity contribution in [3.05, 3.63) is 0 Å². The molecule has 0 aromatic heterocycles. The van der Waals surface area contributed by atoms with E-state index >= 15 is 0 Å².